The average Bonchev–Trinajstić information content (AvgIpc) is 3.67. The van der Waals surface area contributed by atoms with E-state index in [9.17, 15) is 5.11 Å². The molecule has 0 fully saturated rings. The molecule has 0 bridgehead atoms. The molecule has 0 saturated carbocycles. The Morgan fingerprint density at radius 2 is 1.31 bits per heavy atom. The molecule has 4 nitrogen and oxygen atoms in total. The fourth-order valence-electron chi connectivity index (χ4n) is 8.32. The van der Waals surface area contributed by atoms with Crippen LogP contribution in [-0.2, 0) is 26.5 Å². The maximum absolute atomic E-state index is 11.8. The van der Waals surface area contributed by atoms with E-state index in [0.29, 0.717) is 11.4 Å². The Bertz CT molecular complexity index is 3110. The molecule has 5 heteroatoms. The SMILES string of the molecule is [2H]C(C)(C)c1ccc(-c2ccnc(-c3[c-]c(-c4cccc5c4nc(-c4cc(C)cc(C)c4O)n5-c4ccc(C(C)(C)C)cc4-c4ccccc4)cc(-c4ccccc4)c3)c2)cc1.[Pt]. The van der Waals surface area contributed by atoms with Gasteiger partial charge in [0.25, 0.3) is 0 Å². The second kappa shape index (κ2) is 17.2. The minimum Gasteiger partial charge on any atom is -0.507 e. The minimum absolute atomic E-state index is 0. The number of hydrogen-bond donors (Lipinski definition) is 1. The molecule has 2 heterocycles. The number of nitrogens with zero attached hydrogens (tertiary/aromatic N) is 3. The molecule has 0 amide bonds. The van der Waals surface area contributed by atoms with Crippen LogP contribution in [0.15, 0.2) is 164 Å². The fraction of sp³-hybridized carbons (Fsp3) is 0.158. The van der Waals surface area contributed by atoms with Crippen molar-refractivity contribution >= 4 is 11.0 Å². The third-order valence-electron chi connectivity index (χ3n) is 11.7. The number of benzene rings is 7. The van der Waals surface area contributed by atoms with Crippen molar-refractivity contribution in [3.8, 4) is 78.6 Å². The van der Waals surface area contributed by atoms with Crippen LogP contribution in [0.2, 0.25) is 0 Å². The summed E-state index contributed by atoms with van der Waals surface area (Å²) in [4.78, 5) is 10.4. The number of aryl methyl sites for hydroxylation is 2. The molecule has 0 saturated heterocycles. The number of imidazole rings is 1. The Hall–Kier alpha value is -6.35. The van der Waals surface area contributed by atoms with Crippen LogP contribution >= 0.6 is 0 Å². The molecule has 9 rings (SSSR count). The van der Waals surface area contributed by atoms with Gasteiger partial charge in [0.05, 0.1) is 22.3 Å². The Kier molecular flexibility index (Phi) is 11.4. The molecule has 310 valence electrons. The van der Waals surface area contributed by atoms with Crippen LogP contribution in [0.25, 0.3) is 83.9 Å². The second-order valence-electron chi connectivity index (χ2n) is 17.3. The van der Waals surface area contributed by atoms with Crippen LogP contribution in [0.3, 0.4) is 0 Å². The molecule has 0 radical (unpaired) electrons. The first-order valence-electron chi connectivity index (χ1n) is 21.5. The molecule has 0 aliphatic heterocycles. The standard InChI is InChI=1S/C57H50N3O.Pt/c1-36(2)39-21-23-41(24-22-39)43-27-28-58-51(34-43)46-32-44(40-15-10-8-11-16-40)31-45(33-46)48-19-14-20-53-54(48)59-56(50-30-37(3)29-38(4)55(50)61)60(53)52-26-25-47(57(5,6)7)35-49(52)42-17-12-9-13-18-42;/h8-32,34-36,61H,1-7H3;/q-1;/i36D;. The molecule has 7 aromatic carbocycles. The fourth-order valence-corrected chi connectivity index (χ4v) is 8.32. The summed E-state index contributed by atoms with van der Waals surface area (Å²) < 4.78 is 10.7. The topological polar surface area (TPSA) is 50.9 Å². The molecule has 1 N–H and O–H groups in total. The van der Waals surface area contributed by atoms with Crippen molar-refractivity contribution in [3.63, 3.8) is 0 Å². The number of fused-ring (bicyclic) bond motifs is 1. The van der Waals surface area contributed by atoms with Crippen LogP contribution in [0.1, 0.15) is 64.1 Å². The van der Waals surface area contributed by atoms with Crippen LogP contribution in [0.4, 0.5) is 0 Å². The van der Waals surface area contributed by atoms with Crippen LogP contribution in [0, 0.1) is 19.9 Å². The van der Waals surface area contributed by atoms with Crippen molar-refractivity contribution in [1.82, 2.24) is 14.5 Å². The predicted molar refractivity (Wildman–Crippen MR) is 254 cm³/mol. The number of para-hydroxylation sites is 1. The van der Waals surface area contributed by atoms with Gasteiger partial charge >= 0.3 is 0 Å². The van der Waals surface area contributed by atoms with E-state index < -0.39 is 5.89 Å². The van der Waals surface area contributed by atoms with E-state index in [1.165, 1.54) is 5.56 Å². The monoisotopic (exact) mass is 988 g/mol. The maximum Gasteiger partial charge on any atom is 0.148 e. The van der Waals surface area contributed by atoms with Gasteiger partial charge in [0.1, 0.15) is 11.6 Å². The largest absolute Gasteiger partial charge is 0.507 e. The summed E-state index contributed by atoms with van der Waals surface area (Å²) in [6, 6.07) is 58.6. The summed E-state index contributed by atoms with van der Waals surface area (Å²) in [5.74, 6) is 0.196. The molecule has 0 aliphatic carbocycles. The molecule has 0 atom stereocenters. The van der Waals surface area contributed by atoms with Gasteiger partial charge in [-0.1, -0.05) is 167 Å². The molecule has 62 heavy (non-hydrogen) atoms. The van der Waals surface area contributed by atoms with Crippen molar-refractivity contribution in [2.24, 2.45) is 0 Å². The third-order valence-corrected chi connectivity index (χ3v) is 11.7. The molecule has 0 unspecified atom stereocenters. The van der Waals surface area contributed by atoms with Crippen molar-refractivity contribution < 1.29 is 27.5 Å². The van der Waals surface area contributed by atoms with Gasteiger partial charge in [-0.2, -0.15) is 0 Å². The van der Waals surface area contributed by atoms with Crippen LogP contribution < -0.4 is 0 Å². The molecule has 2 aromatic heterocycles. The summed E-state index contributed by atoms with van der Waals surface area (Å²) in [7, 11) is 0. The molecular weight excluding hydrogens is 938 g/mol. The van der Waals surface area contributed by atoms with E-state index in [-0.39, 0.29) is 32.2 Å². The first-order valence-corrected chi connectivity index (χ1v) is 21.0. The summed E-state index contributed by atoms with van der Waals surface area (Å²) in [5.41, 5.74) is 17.2. The van der Waals surface area contributed by atoms with E-state index in [1.807, 2.05) is 69.4 Å². The van der Waals surface area contributed by atoms with Gasteiger partial charge in [0, 0.05) is 39.9 Å². The smallest absolute Gasteiger partial charge is 0.148 e. The average molecular weight is 989 g/mol. The van der Waals surface area contributed by atoms with Crippen molar-refractivity contribution in [2.45, 2.75) is 59.8 Å². The zero-order chi connectivity index (χ0) is 43.3. The summed E-state index contributed by atoms with van der Waals surface area (Å²) in [5, 5.41) is 11.8. The zero-order valence-electron chi connectivity index (χ0n) is 37.2. The number of pyridine rings is 1. The number of hydrogen-bond acceptors (Lipinski definition) is 3. The summed E-state index contributed by atoms with van der Waals surface area (Å²) in [6.07, 6.45) is 1.86. The van der Waals surface area contributed by atoms with E-state index in [0.717, 1.165) is 89.2 Å². The predicted octanol–water partition coefficient (Wildman–Crippen LogP) is 15.0. The van der Waals surface area contributed by atoms with E-state index in [2.05, 4.69) is 154 Å². The molecule has 0 spiro atoms. The number of aromatic hydroxyl groups is 1. The Morgan fingerprint density at radius 1 is 0.629 bits per heavy atom. The summed E-state index contributed by atoms with van der Waals surface area (Å²) in [6.45, 7) is 14.5. The Balaban J connectivity index is 0.00000544. The molecule has 0 aliphatic rings. The first kappa shape index (κ1) is 41.0. The van der Waals surface area contributed by atoms with Crippen molar-refractivity contribution in [2.75, 3.05) is 0 Å². The van der Waals surface area contributed by atoms with Crippen LogP contribution in [0.5, 0.6) is 5.75 Å². The Labute approximate surface area is 381 Å². The van der Waals surface area contributed by atoms with Gasteiger partial charge in [-0.25, -0.2) is 4.98 Å². The Morgan fingerprint density at radius 3 is 2.00 bits per heavy atom. The zero-order valence-corrected chi connectivity index (χ0v) is 38.5. The van der Waals surface area contributed by atoms with E-state index in [4.69, 9.17) is 11.3 Å². The second-order valence-corrected chi connectivity index (χ2v) is 17.3. The van der Waals surface area contributed by atoms with E-state index >= 15 is 0 Å². The normalized spacial score (nSPS) is 12.0. The number of aromatic nitrogens is 3. The third kappa shape index (κ3) is 8.20. The minimum atomic E-state index is -0.676. The van der Waals surface area contributed by atoms with Gasteiger partial charge < -0.3 is 5.11 Å². The van der Waals surface area contributed by atoms with Gasteiger partial charge in [-0.05, 0) is 100.0 Å². The van der Waals surface area contributed by atoms with Gasteiger partial charge in [0.2, 0.25) is 0 Å². The number of phenols is 1. The van der Waals surface area contributed by atoms with Gasteiger partial charge in [-0.3, -0.25) is 9.55 Å². The van der Waals surface area contributed by atoms with Crippen LogP contribution in [-0.4, -0.2) is 19.6 Å². The number of phenolic OH excluding ortho intramolecular Hbond substituents is 1. The van der Waals surface area contributed by atoms with Gasteiger partial charge in [0.15, 0.2) is 0 Å². The van der Waals surface area contributed by atoms with Crippen molar-refractivity contribution in [3.05, 3.63) is 192 Å². The van der Waals surface area contributed by atoms with Crippen molar-refractivity contribution in [1.29, 1.82) is 0 Å². The quantitative estimate of drug-likeness (QED) is 0.154. The van der Waals surface area contributed by atoms with E-state index in [1.54, 1.807) is 0 Å². The number of rotatable bonds is 8. The molecular formula is C57H50N3OPt-. The maximum atomic E-state index is 11.8. The first-order chi connectivity index (χ1) is 29.7. The van der Waals surface area contributed by atoms with Gasteiger partial charge in [-0.15, -0.1) is 23.8 Å². The molecule has 9 aromatic rings. The summed E-state index contributed by atoms with van der Waals surface area (Å²) >= 11 is 0.